The number of hydrogen-bond donors (Lipinski definition) is 1. The van der Waals surface area contributed by atoms with Gasteiger partial charge < -0.3 is 14.6 Å². The van der Waals surface area contributed by atoms with Gasteiger partial charge in [-0.05, 0) is 44.4 Å². The third kappa shape index (κ3) is 31.6. The Kier molecular flexibility index (Phi) is 31.5. The molecule has 5 heteroatoms. The van der Waals surface area contributed by atoms with E-state index in [1.54, 1.807) is 0 Å². The van der Waals surface area contributed by atoms with Crippen molar-refractivity contribution in [2.24, 2.45) is 5.92 Å². The number of unbranched alkanes of at least 4 members (excludes halogenated alkanes) is 20. The van der Waals surface area contributed by atoms with Crippen LogP contribution in [0.15, 0.2) is 12.2 Å². The predicted octanol–water partition coefficient (Wildman–Crippen LogP) is 10.8. The minimum atomic E-state index is -0.769. The van der Waals surface area contributed by atoms with Gasteiger partial charge in [0.1, 0.15) is 6.61 Å². The molecule has 0 saturated carbocycles. The Morgan fingerprint density at radius 2 is 1.02 bits per heavy atom. The fourth-order valence-corrected chi connectivity index (χ4v) is 5.20. The average molecular weight is 595 g/mol. The van der Waals surface area contributed by atoms with Gasteiger partial charge in [-0.3, -0.25) is 9.59 Å². The van der Waals surface area contributed by atoms with E-state index in [-0.39, 0.29) is 25.2 Å². The van der Waals surface area contributed by atoms with Crippen LogP contribution in [0.2, 0.25) is 0 Å². The molecule has 248 valence electrons. The van der Waals surface area contributed by atoms with E-state index < -0.39 is 6.10 Å². The molecule has 0 amide bonds. The van der Waals surface area contributed by atoms with E-state index in [1.807, 2.05) is 0 Å². The molecular weight excluding hydrogens is 524 g/mol. The van der Waals surface area contributed by atoms with Gasteiger partial charge in [-0.15, -0.1) is 0 Å². The summed E-state index contributed by atoms with van der Waals surface area (Å²) in [5.74, 6) is 0.231. The van der Waals surface area contributed by atoms with E-state index in [2.05, 4.69) is 32.9 Å². The number of carbonyl (C=O) groups is 2. The molecule has 0 unspecified atom stereocenters. The fourth-order valence-electron chi connectivity index (χ4n) is 5.20. The maximum absolute atomic E-state index is 12.1. The van der Waals surface area contributed by atoms with Crippen molar-refractivity contribution in [2.75, 3.05) is 13.2 Å². The standard InChI is InChI=1S/C37H70O5/c1-4-5-6-7-8-9-10-11-12-13-14-19-22-25-28-31-37(40)42-35(32-38)33-41-36(39)30-27-24-21-18-16-15-17-20-23-26-29-34(2)3/h11-12,34-35,38H,4-10,13-33H2,1-3H3/b12-11-/t35-/m0/s1. The molecule has 1 N–H and O–H groups in total. The molecule has 0 aromatic carbocycles. The van der Waals surface area contributed by atoms with E-state index in [4.69, 9.17) is 9.47 Å². The summed E-state index contributed by atoms with van der Waals surface area (Å²) in [6, 6.07) is 0. The lowest BCUT2D eigenvalue weighted by Gasteiger charge is -2.15. The van der Waals surface area contributed by atoms with E-state index >= 15 is 0 Å². The highest BCUT2D eigenvalue weighted by atomic mass is 16.6. The number of ether oxygens (including phenoxy) is 2. The van der Waals surface area contributed by atoms with Gasteiger partial charge in [0.2, 0.25) is 0 Å². The molecule has 42 heavy (non-hydrogen) atoms. The Bertz CT molecular complexity index is 615. The Morgan fingerprint density at radius 1 is 0.595 bits per heavy atom. The molecule has 0 rings (SSSR count). The van der Waals surface area contributed by atoms with Crippen molar-refractivity contribution >= 4 is 11.9 Å². The first-order valence-electron chi connectivity index (χ1n) is 18.1. The lowest BCUT2D eigenvalue weighted by molar-refractivity contribution is -0.161. The summed E-state index contributed by atoms with van der Waals surface area (Å²) in [6.45, 7) is 6.45. The summed E-state index contributed by atoms with van der Waals surface area (Å²) in [5, 5.41) is 9.52. The van der Waals surface area contributed by atoms with Gasteiger partial charge in [0, 0.05) is 12.8 Å². The third-order valence-corrected chi connectivity index (χ3v) is 7.99. The second kappa shape index (κ2) is 32.6. The average Bonchev–Trinajstić information content (AvgIpc) is 2.97. The fraction of sp³-hybridized carbons (Fsp3) is 0.892. The first-order valence-corrected chi connectivity index (χ1v) is 18.1. The number of esters is 2. The summed E-state index contributed by atoms with van der Waals surface area (Å²) in [6.07, 6.45) is 34.1. The molecule has 0 aromatic rings. The number of rotatable bonds is 32. The van der Waals surface area contributed by atoms with E-state index in [1.165, 1.54) is 109 Å². The number of hydrogen-bond acceptors (Lipinski definition) is 5. The minimum Gasteiger partial charge on any atom is -0.462 e. The zero-order chi connectivity index (χ0) is 30.9. The number of aliphatic hydroxyl groups excluding tert-OH is 1. The largest absolute Gasteiger partial charge is 0.462 e. The molecule has 0 heterocycles. The SMILES string of the molecule is CCCCCCCC/C=C\CCCCCCCC(=O)O[C@@H](CO)COC(=O)CCCCCCCCCCCCC(C)C. The minimum absolute atomic E-state index is 0.0649. The van der Waals surface area contributed by atoms with E-state index in [0.29, 0.717) is 12.8 Å². The van der Waals surface area contributed by atoms with Crippen LogP contribution in [0.5, 0.6) is 0 Å². The van der Waals surface area contributed by atoms with E-state index in [9.17, 15) is 14.7 Å². The van der Waals surface area contributed by atoms with Gasteiger partial charge >= 0.3 is 11.9 Å². The molecule has 0 radical (unpaired) electrons. The van der Waals surface area contributed by atoms with Gasteiger partial charge in [0.15, 0.2) is 6.10 Å². The van der Waals surface area contributed by atoms with Gasteiger partial charge in [0.25, 0.3) is 0 Å². The smallest absolute Gasteiger partial charge is 0.306 e. The summed E-state index contributed by atoms with van der Waals surface area (Å²) >= 11 is 0. The van der Waals surface area contributed by atoms with Crippen LogP contribution >= 0.6 is 0 Å². The lowest BCUT2D eigenvalue weighted by Crippen LogP contribution is -2.28. The summed E-state index contributed by atoms with van der Waals surface area (Å²) in [5.41, 5.74) is 0. The lowest BCUT2D eigenvalue weighted by atomic mass is 10.0. The van der Waals surface area contributed by atoms with Crippen molar-refractivity contribution in [3.8, 4) is 0 Å². The van der Waals surface area contributed by atoms with Crippen LogP contribution < -0.4 is 0 Å². The second-order valence-corrected chi connectivity index (χ2v) is 12.8. The molecule has 0 bridgehead atoms. The Morgan fingerprint density at radius 3 is 1.50 bits per heavy atom. The number of aliphatic hydroxyl groups is 1. The third-order valence-electron chi connectivity index (χ3n) is 7.99. The van der Waals surface area contributed by atoms with Gasteiger partial charge in [0.05, 0.1) is 6.61 Å². The normalized spacial score (nSPS) is 12.3. The maximum atomic E-state index is 12.1. The van der Waals surface area contributed by atoms with Crippen LogP contribution in [-0.4, -0.2) is 36.4 Å². The van der Waals surface area contributed by atoms with Gasteiger partial charge in [-0.2, -0.15) is 0 Å². The highest BCUT2D eigenvalue weighted by molar-refractivity contribution is 5.70. The topological polar surface area (TPSA) is 72.8 Å². The number of carbonyl (C=O) groups excluding carboxylic acids is 2. The second-order valence-electron chi connectivity index (χ2n) is 12.8. The molecule has 0 saturated heterocycles. The van der Waals surface area contributed by atoms with Gasteiger partial charge in [-0.1, -0.05) is 148 Å². The Hall–Kier alpha value is -1.36. The van der Waals surface area contributed by atoms with Gasteiger partial charge in [-0.25, -0.2) is 0 Å². The zero-order valence-electron chi connectivity index (χ0n) is 28.2. The van der Waals surface area contributed by atoms with Crippen molar-refractivity contribution in [3.05, 3.63) is 12.2 Å². The molecule has 0 spiro atoms. The van der Waals surface area contributed by atoms with Crippen LogP contribution in [0.1, 0.15) is 188 Å². The van der Waals surface area contributed by atoms with Crippen LogP contribution in [0.3, 0.4) is 0 Å². The molecule has 0 aromatic heterocycles. The quantitative estimate of drug-likeness (QED) is 0.0476. The summed E-state index contributed by atoms with van der Waals surface area (Å²) in [4.78, 5) is 24.1. The van der Waals surface area contributed by atoms with Crippen LogP contribution in [-0.2, 0) is 19.1 Å². The van der Waals surface area contributed by atoms with Crippen LogP contribution in [0, 0.1) is 5.92 Å². The predicted molar refractivity (Wildman–Crippen MR) is 178 cm³/mol. The molecule has 0 aliphatic rings. The first-order chi connectivity index (χ1) is 20.5. The van der Waals surface area contributed by atoms with E-state index in [0.717, 1.165) is 50.9 Å². The molecular formula is C37H70O5. The molecule has 0 fully saturated rings. The molecule has 1 atom stereocenters. The van der Waals surface area contributed by atoms with Crippen LogP contribution in [0.4, 0.5) is 0 Å². The van der Waals surface area contributed by atoms with Crippen molar-refractivity contribution in [1.82, 2.24) is 0 Å². The highest BCUT2D eigenvalue weighted by Gasteiger charge is 2.16. The molecule has 5 nitrogen and oxygen atoms in total. The number of allylic oxidation sites excluding steroid dienone is 2. The van der Waals surface area contributed by atoms with Crippen molar-refractivity contribution in [3.63, 3.8) is 0 Å². The Balaban J connectivity index is 3.56. The Labute approximate surface area is 261 Å². The van der Waals surface area contributed by atoms with Crippen molar-refractivity contribution < 1.29 is 24.2 Å². The highest BCUT2D eigenvalue weighted by Crippen LogP contribution is 2.14. The first kappa shape index (κ1) is 40.6. The molecule has 0 aliphatic carbocycles. The van der Waals surface area contributed by atoms with Crippen LogP contribution in [0.25, 0.3) is 0 Å². The van der Waals surface area contributed by atoms with Crippen molar-refractivity contribution in [2.45, 2.75) is 194 Å². The van der Waals surface area contributed by atoms with Crippen molar-refractivity contribution in [1.29, 1.82) is 0 Å². The monoisotopic (exact) mass is 595 g/mol. The zero-order valence-corrected chi connectivity index (χ0v) is 28.2. The summed E-state index contributed by atoms with van der Waals surface area (Å²) in [7, 11) is 0. The molecule has 0 aliphatic heterocycles. The summed E-state index contributed by atoms with van der Waals surface area (Å²) < 4.78 is 10.6. The maximum Gasteiger partial charge on any atom is 0.306 e.